The van der Waals surface area contributed by atoms with Crippen molar-refractivity contribution in [3.63, 3.8) is 0 Å². The van der Waals surface area contributed by atoms with Crippen LogP contribution in [0.25, 0.3) is 0 Å². The lowest BCUT2D eigenvalue weighted by atomic mass is 10.1. The van der Waals surface area contributed by atoms with Crippen molar-refractivity contribution in [1.29, 1.82) is 0 Å². The predicted octanol–water partition coefficient (Wildman–Crippen LogP) is 1.94. The zero-order valence-corrected chi connectivity index (χ0v) is 13.5. The fraction of sp³-hybridized carbons (Fsp3) is 0.933. The molecule has 4 nitrogen and oxygen atoms in total. The molecule has 0 heterocycles. The summed E-state index contributed by atoms with van der Waals surface area (Å²) in [5.74, 6) is 0.758. The first-order valence-corrected chi connectivity index (χ1v) is 7.66. The van der Waals surface area contributed by atoms with Gasteiger partial charge in [0.25, 0.3) is 0 Å². The van der Waals surface area contributed by atoms with E-state index in [9.17, 15) is 4.79 Å². The number of nitrogens with zero attached hydrogens (tertiary/aromatic N) is 2. The quantitative estimate of drug-likeness (QED) is 0.660. The molecule has 0 fully saturated rings. The molecular weight excluding hydrogens is 238 g/mol. The standard InChI is InChI=1S/C15H33N3O/c1-6-17(7-2)10-11-18(12-13(3)4)15(19)9-8-14(5)16/h13-14H,6-12,16H2,1-5H3. The Balaban J connectivity index is 4.32. The molecule has 1 amide bonds. The fourth-order valence-electron chi connectivity index (χ4n) is 2.07. The molecule has 1 atom stereocenters. The molecule has 0 radical (unpaired) electrons. The third kappa shape index (κ3) is 9.00. The molecule has 0 aromatic rings. The van der Waals surface area contributed by atoms with E-state index in [1.54, 1.807) is 0 Å². The van der Waals surface area contributed by atoms with Crippen LogP contribution in [0.1, 0.15) is 47.5 Å². The summed E-state index contributed by atoms with van der Waals surface area (Å²) in [5.41, 5.74) is 5.73. The molecule has 0 aliphatic rings. The topological polar surface area (TPSA) is 49.6 Å². The highest BCUT2D eigenvalue weighted by atomic mass is 16.2. The largest absolute Gasteiger partial charge is 0.341 e. The van der Waals surface area contributed by atoms with Gasteiger partial charge in [-0.25, -0.2) is 0 Å². The third-order valence-corrected chi connectivity index (χ3v) is 3.33. The number of rotatable bonds is 10. The minimum atomic E-state index is 0.104. The number of carbonyl (C=O) groups excluding carboxylic acids is 1. The lowest BCUT2D eigenvalue weighted by molar-refractivity contribution is -0.132. The second kappa shape index (κ2) is 10.2. The molecule has 0 spiro atoms. The molecule has 0 aromatic carbocycles. The van der Waals surface area contributed by atoms with Crippen LogP contribution in [0.5, 0.6) is 0 Å². The fourth-order valence-corrected chi connectivity index (χ4v) is 2.07. The number of amides is 1. The third-order valence-electron chi connectivity index (χ3n) is 3.33. The van der Waals surface area contributed by atoms with Gasteiger partial charge in [-0.1, -0.05) is 27.7 Å². The number of carbonyl (C=O) groups is 1. The second-order valence-corrected chi connectivity index (χ2v) is 5.78. The molecule has 114 valence electrons. The van der Waals surface area contributed by atoms with Gasteiger partial charge in [0.05, 0.1) is 0 Å². The van der Waals surface area contributed by atoms with Crippen LogP contribution in [0.2, 0.25) is 0 Å². The number of hydrogen-bond donors (Lipinski definition) is 1. The summed E-state index contributed by atoms with van der Waals surface area (Å²) in [4.78, 5) is 16.6. The average molecular weight is 271 g/mol. The van der Waals surface area contributed by atoms with Crippen molar-refractivity contribution < 1.29 is 4.79 Å². The van der Waals surface area contributed by atoms with Gasteiger partial charge in [0.1, 0.15) is 0 Å². The highest BCUT2D eigenvalue weighted by Crippen LogP contribution is 2.05. The van der Waals surface area contributed by atoms with E-state index in [2.05, 4.69) is 32.6 Å². The Morgan fingerprint density at radius 1 is 1.11 bits per heavy atom. The average Bonchev–Trinajstić information content (AvgIpc) is 2.35. The molecule has 0 aliphatic carbocycles. The van der Waals surface area contributed by atoms with E-state index in [0.717, 1.165) is 39.1 Å². The first-order valence-electron chi connectivity index (χ1n) is 7.66. The molecule has 0 aliphatic heterocycles. The summed E-state index contributed by atoms with van der Waals surface area (Å²) in [5, 5.41) is 0. The van der Waals surface area contributed by atoms with E-state index < -0.39 is 0 Å². The maximum absolute atomic E-state index is 12.2. The summed E-state index contributed by atoms with van der Waals surface area (Å²) >= 11 is 0. The molecule has 2 N–H and O–H groups in total. The van der Waals surface area contributed by atoms with Gasteiger partial charge in [-0.15, -0.1) is 0 Å². The van der Waals surface area contributed by atoms with Crippen molar-refractivity contribution in [3.05, 3.63) is 0 Å². The van der Waals surface area contributed by atoms with Crippen LogP contribution in [0, 0.1) is 5.92 Å². The highest BCUT2D eigenvalue weighted by Gasteiger charge is 2.15. The number of likely N-dealkylation sites (N-methyl/N-ethyl adjacent to an activating group) is 1. The summed E-state index contributed by atoms with van der Waals surface area (Å²) in [6.45, 7) is 15.3. The van der Waals surface area contributed by atoms with E-state index in [1.165, 1.54) is 0 Å². The maximum atomic E-state index is 12.2. The summed E-state index contributed by atoms with van der Waals surface area (Å²) in [6, 6.07) is 0.104. The van der Waals surface area contributed by atoms with E-state index in [0.29, 0.717) is 12.3 Å². The molecule has 0 saturated carbocycles. The molecule has 0 bridgehead atoms. The van der Waals surface area contributed by atoms with Gasteiger partial charge >= 0.3 is 0 Å². The van der Waals surface area contributed by atoms with E-state index in [1.807, 2.05) is 11.8 Å². The first-order chi connectivity index (χ1) is 8.90. The van der Waals surface area contributed by atoms with Crippen molar-refractivity contribution in [1.82, 2.24) is 9.80 Å². The monoisotopic (exact) mass is 271 g/mol. The normalized spacial score (nSPS) is 13.1. The van der Waals surface area contributed by atoms with Crippen molar-refractivity contribution in [2.45, 2.75) is 53.5 Å². The van der Waals surface area contributed by atoms with Crippen molar-refractivity contribution in [2.75, 3.05) is 32.7 Å². The molecule has 1 unspecified atom stereocenters. The first kappa shape index (κ1) is 18.4. The molecule has 0 rings (SSSR count). The SMILES string of the molecule is CCN(CC)CCN(CC(C)C)C(=O)CCC(C)N. The summed E-state index contributed by atoms with van der Waals surface area (Å²) in [7, 11) is 0. The zero-order chi connectivity index (χ0) is 14.8. The molecule has 0 aromatic heterocycles. The van der Waals surface area contributed by atoms with Gasteiger partial charge in [-0.2, -0.15) is 0 Å². The van der Waals surface area contributed by atoms with Crippen LogP contribution in [-0.2, 0) is 4.79 Å². The van der Waals surface area contributed by atoms with Crippen molar-refractivity contribution in [3.8, 4) is 0 Å². The maximum Gasteiger partial charge on any atom is 0.222 e. The van der Waals surface area contributed by atoms with Crippen LogP contribution in [-0.4, -0.2) is 54.5 Å². The minimum absolute atomic E-state index is 0.104. The smallest absolute Gasteiger partial charge is 0.222 e. The van der Waals surface area contributed by atoms with Gasteiger partial charge in [0, 0.05) is 32.1 Å². The highest BCUT2D eigenvalue weighted by molar-refractivity contribution is 5.76. The summed E-state index contributed by atoms with van der Waals surface area (Å²) in [6.07, 6.45) is 1.35. The van der Waals surface area contributed by atoms with Gasteiger partial charge < -0.3 is 15.5 Å². The molecule has 0 saturated heterocycles. The van der Waals surface area contributed by atoms with E-state index >= 15 is 0 Å². The Morgan fingerprint density at radius 3 is 2.11 bits per heavy atom. The Labute approximate surface area is 119 Å². The van der Waals surface area contributed by atoms with Gasteiger partial charge in [0.15, 0.2) is 0 Å². The summed E-state index contributed by atoms with van der Waals surface area (Å²) < 4.78 is 0. The van der Waals surface area contributed by atoms with Gasteiger partial charge in [-0.3, -0.25) is 4.79 Å². The Hall–Kier alpha value is -0.610. The molecular formula is C15H33N3O. The van der Waals surface area contributed by atoms with E-state index in [4.69, 9.17) is 5.73 Å². The minimum Gasteiger partial charge on any atom is -0.341 e. The Morgan fingerprint density at radius 2 is 1.68 bits per heavy atom. The number of nitrogens with two attached hydrogens (primary N) is 1. The van der Waals surface area contributed by atoms with Crippen molar-refractivity contribution in [2.24, 2.45) is 11.7 Å². The van der Waals surface area contributed by atoms with Crippen LogP contribution in [0.4, 0.5) is 0 Å². The van der Waals surface area contributed by atoms with Crippen LogP contribution >= 0.6 is 0 Å². The lowest BCUT2D eigenvalue weighted by Gasteiger charge is -2.28. The van der Waals surface area contributed by atoms with Crippen molar-refractivity contribution >= 4 is 5.91 Å². The zero-order valence-electron chi connectivity index (χ0n) is 13.5. The molecule has 4 heteroatoms. The van der Waals surface area contributed by atoms with Crippen LogP contribution in [0.15, 0.2) is 0 Å². The van der Waals surface area contributed by atoms with Gasteiger partial charge in [-0.05, 0) is 32.4 Å². The molecule has 19 heavy (non-hydrogen) atoms. The number of hydrogen-bond acceptors (Lipinski definition) is 3. The van der Waals surface area contributed by atoms with Crippen LogP contribution < -0.4 is 5.73 Å². The Kier molecular flexibility index (Phi) is 9.88. The van der Waals surface area contributed by atoms with Crippen LogP contribution in [0.3, 0.4) is 0 Å². The lowest BCUT2D eigenvalue weighted by Crippen LogP contribution is -2.40. The Bertz CT molecular complexity index is 238. The van der Waals surface area contributed by atoms with E-state index in [-0.39, 0.29) is 11.9 Å². The second-order valence-electron chi connectivity index (χ2n) is 5.78. The predicted molar refractivity (Wildman–Crippen MR) is 82.1 cm³/mol. The van der Waals surface area contributed by atoms with Gasteiger partial charge in [0.2, 0.25) is 5.91 Å².